The topological polar surface area (TPSA) is 63.6 Å². The zero-order valence-electron chi connectivity index (χ0n) is 18.6. The summed E-state index contributed by atoms with van der Waals surface area (Å²) in [4.78, 5) is 0. The van der Waals surface area contributed by atoms with Gasteiger partial charge in [0.25, 0.3) is 10.1 Å². The van der Waals surface area contributed by atoms with Gasteiger partial charge in [-0.15, -0.1) is 0 Å². The molecule has 0 amide bonds. The fraction of sp³-hybridized carbons (Fsp3) is 0.750. The molecule has 0 atom stereocenters. The first-order chi connectivity index (χ1) is 14.0. The zero-order chi connectivity index (χ0) is 21.4. The van der Waals surface area contributed by atoms with Crippen LogP contribution in [-0.4, -0.2) is 25.3 Å². The molecule has 0 aliphatic rings. The molecule has 168 valence electrons. The first kappa shape index (κ1) is 26.0. The number of aryl methyl sites for hydroxylation is 2. The molecule has 0 bridgehead atoms. The van der Waals surface area contributed by atoms with Crippen LogP contribution in [0.5, 0.6) is 5.75 Å². The lowest BCUT2D eigenvalue weighted by atomic mass is 10.00. The van der Waals surface area contributed by atoms with Crippen LogP contribution in [-0.2, 0) is 23.0 Å². The van der Waals surface area contributed by atoms with E-state index in [1.165, 1.54) is 75.3 Å². The molecule has 1 aromatic carbocycles. The second-order valence-electron chi connectivity index (χ2n) is 8.11. The number of unbranched alkanes of at least 4 members (excludes halogenated alkanes) is 9. The predicted octanol–water partition coefficient (Wildman–Crippen LogP) is 6.76. The average molecular weight is 427 g/mol. The molecule has 1 N–H and O–H groups in total. The van der Waals surface area contributed by atoms with Crippen LogP contribution in [0.1, 0.15) is 102 Å². The molecule has 0 radical (unpaired) electrons. The average Bonchev–Trinajstić information content (AvgIpc) is 2.67. The molecule has 5 heteroatoms. The van der Waals surface area contributed by atoms with E-state index < -0.39 is 10.1 Å². The second kappa shape index (κ2) is 15.7. The van der Waals surface area contributed by atoms with Crippen molar-refractivity contribution in [2.24, 2.45) is 0 Å². The van der Waals surface area contributed by atoms with Gasteiger partial charge in [0.05, 0.1) is 12.4 Å². The van der Waals surface area contributed by atoms with Crippen molar-refractivity contribution >= 4 is 10.1 Å². The number of ether oxygens (including phenoxy) is 1. The molecule has 1 rings (SSSR count). The number of hydrogen-bond donors (Lipinski definition) is 1. The molecule has 4 nitrogen and oxygen atoms in total. The number of rotatable bonds is 18. The van der Waals surface area contributed by atoms with Crippen molar-refractivity contribution in [1.82, 2.24) is 0 Å². The summed E-state index contributed by atoms with van der Waals surface area (Å²) in [5.41, 5.74) is 2.58. The molecule has 0 saturated heterocycles. The highest BCUT2D eigenvalue weighted by molar-refractivity contribution is 7.85. The van der Waals surface area contributed by atoms with Gasteiger partial charge in [0.1, 0.15) is 5.75 Å². The third kappa shape index (κ3) is 13.7. The van der Waals surface area contributed by atoms with Crippen LogP contribution >= 0.6 is 0 Å². The quantitative estimate of drug-likeness (QED) is 0.208. The highest BCUT2D eigenvalue weighted by atomic mass is 32.2. The highest BCUT2D eigenvalue weighted by Crippen LogP contribution is 2.25. The number of hydrogen-bond acceptors (Lipinski definition) is 3. The molecule has 0 aliphatic carbocycles. The third-order valence-electron chi connectivity index (χ3n) is 5.30. The second-order valence-corrected chi connectivity index (χ2v) is 9.68. The van der Waals surface area contributed by atoms with E-state index in [0.717, 1.165) is 18.6 Å². The van der Waals surface area contributed by atoms with Gasteiger partial charge < -0.3 is 4.74 Å². The molecular formula is C24H42O4S. The first-order valence-electron chi connectivity index (χ1n) is 11.7. The van der Waals surface area contributed by atoms with Crippen molar-refractivity contribution in [1.29, 1.82) is 0 Å². The third-order valence-corrected chi connectivity index (χ3v) is 6.11. The van der Waals surface area contributed by atoms with Crippen molar-refractivity contribution < 1.29 is 17.7 Å². The normalized spacial score (nSPS) is 11.7. The van der Waals surface area contributed by atoms with E-state index in [1.54, 1.807) is 0 Å². The maximum atomic E-state index is 10.8. The molecule has 0 aromatic heterocycles. The van der Waals surface area contributed by atoms with E-state index in [4.69, 9.17) is 9.29 Å². The van der Waals surface area contributed by atoms with Gasteiger partial charge >= 0.3 is 0 Å². The first-order valence-corrected chi connectivity index (χ1v) is 13.3. The Morgan fingerprint density at radius 3 is 2.03 bits per heavy atom. The Hall–Kier alpha value is -1.07. The molecule has 0 aliphatic heterocycles. The number of benzene rings is 1. The van der Waals surface area contributed by atoms with Gasteiger partial charge in [-0.3, -0.25) is 4.55 Å². The molecule has 0 spiro atoms. The van der Waals surface area contributed by atoms with E-state index in [1.807, 2.05) is 0 Å². The highest BCUT2D eigenvalue weighted by Gasteiger charge is 2.08. The lowest BCUT2D eigenvalue weighted by molar-refractivity contribution is 0.305. The fourth-order valence-electron chi connectivity index (χ4n) is 3.52. The minimum absolute atomic E-state index is 0.196. The summed E-state index contributed by atoms with van der Waals surface area (Å²) in [6, 6.07) is 6.64. The van der Waals surface area contributed by atoms with Gasteiger partial charge in [-0.2, -0.15) is 8.42 Å². The Balaban J connectivity index is 2.57. The molecular weight excluding hydrogens is 384 g/mol. The summed E-state index contributed by atoms with van der Waals surface area (Å²) in [6.07, 6.45) is 15.8. The largest absolute Gasteiger partial charge is 0.493 e. The van der Waals surface area contributed by atoms with Crippen LogP contribution in [0.4, 0.5) is 0 Å². The van der Waals surface area contributed by atoms with Crippen LogP contribution < -0.4 is 4.74 Å². The molecule has 29 heavy (non-hydrogen) atoms. The maximum absolute atomic E-state index is 10.8. The van der Waals surface area contributed by atoms with Crippen LogP contribution in [0.2, 0.25) is 0 Å². The molecule has 0 fully saturated rings. The van der Waals surface area contributed by atoms with E-state index >= 15 is 0 Å². The lowest BCUT2D eigenvalue weighted by Gasteiger charge is -2.14. The summed E-state index contributed by atoms with van der Waals surface area (Å²) >= 11 is 0. The van der Waals surface area contributed by atoms with Gasteiger partial charge in [-0.05, 0) is 55.7 Å². The van der Waals surface area contributed by atoms with Crippen molar-refractivity contribution in [3.63, 3.8) is 0 Å². The molecule has 0 saturated carbocycles. The van der Waals surface area contributed by atoms with Gasteiger partial charge in [0, 0.05) is 0 Å². The Morgan fingerprint density at radius 2 is 1.41 bits per heavy atom. The predicted molar refractivity (Wildman–Crippen MR) is 123 cm³/mol. The minimum Gasteiger partial charge on any atom is -0.493 e. The van der Waals surface area contributed by atoms with E-state index in [-0.39, 0.29) is 5.75 Å². The molecule has 0 heterocycles. The fourth-order valence-corrected chi connectivity index (χ4v) is 4.08. The van der Waals surface area contributed by atoms with E-state index in [2.05, 4.69) is 32.0 Å². The Bertz CT molecular complexity index is 640. The summed E-state index contributed by atoms with van der Waals surface area (Å²) in [5.74, 6) is 0.761. The standard InChI is InChI=1S/C24H42O4S/c1-3-5-7-9-11-15-22-17-18-23(16-12-10-8-6-4-2)24(21-22)28-19-13-14-20-29(25,26)27/h17-18,21H,3-16,19-20H2,1-2H3,(H,25,26,27). The van der Waals surface area contributed by atoms with E-state index in [9.17, 15) is 8.42 Å². The summed E-state index contributed by atoms with van der Waals surface area (Å²) < 4.78 is 36.6. The van der Waals surface area contributed by atoms with Gasteiger partial charge in [-0.1, -0.05) is 77.3 Å². The Labute approximate surface area is 179 Å². The molecule has 0 unspecified atom stereocenters. The van der Waals surface area contributed by atoms with Crippen molar-refractivity contribution in [2.45, 2.75) is 104 Å². The Kier molecular flexibility index (Phi) is 14.1. The minimum atomic E-state index is -3.88. The van der Waals surface area contributed by atoms with Gasteiger partial charge in [0.15, 0.2) is 0 Å². The maximum Gasteiger partial charge on any atom is 0.264 e. The van der Waals surface area contributed by atoms with Crippen molar-refractivity contribution in [3.05, 3.63) is 29.3 Å². The monoisotopic (exact) mass is 426 g/mol. The molecule has 1 aromatic rings. The van der Waals surface area contributed by atoms with Crippen LogP contribution in [0.25, 0.3) is 0 Å². The smallest absolute Gasteiger partial charge is 0.264 e. The van der Waals surface area contributed by atoms with Crippen LogP contribution in [0.3, 0.4) is 0 Å². The van der Waals surface area contributed by atoms with E-state index in [0.29, 0.717) is 19.4 Å². The SMILES string of the molecule is CCCCCCCc1ccc(CCCCCCC)c(OCCCCS(=O)(=O)O)c1. The zero-order valence-corrected chi connectivity index (χ0v) is 19.4. The van der Waals surface area contributed by atoms with Crippen molar-refractivity contribution in [3.8, 4) is 5.75 Å². The van der Waals surface area contributed by atoms with Gasteiger partial charge in [0.2, 0.25) is 0 Å². The van der Waals surface area contributed by atoms with Crippen LogP contribution in [0, 0.1) is 0 Å². The summed E-state index contributed by atoms with van der Waals surface area (Å²) in [6.45, 7) is 4.95. The lowest BCUT2D eigenvalue weighted by Crippen LogP contribution is -2.07. The van der Waals surface area contributed by atoms with Crippen LogP contribution in [0.15, 0.2) is 18.2 Å². The summed E-state index contributed by atoms with van der Waals surface area (Å²) in [5, 5.41) is 0. The Morgan fingerprint density at radius 1 is 0.793 bits per heavy atom. The summed E-state index contributed by atoms with van der Waals surface area (Å²) in [7, 11) is -3.88. The van der Waals surface area contributed by atoms with Crippen molar-refractivity contribution in [2.75, 3.05) is 12.4 Å². The van der Waals surface area contributed by atoms with Gasteiger partial charge in [-0.25, -0.2) is 0 Å².